The van der Waals surface area contributed by atoms with Crippen LogP contribution in [0.1, 0.15) is 28.3 Å². The first-order valence-corrected chi connectivity index (χ1v) is 5.43. The number of carbonyl (C=O) groups excluding carboxylic acids is 2. The third kappa shape index (κ3) is 2.30. The number of ether oxygens (including phenoxy) is 2. The standard InChI is InChI=1S/C13H14O4/c1-16-12(14)9-5-3-8(4-6-9)10-7-11(10)13(15)17-2/h3-6,10-11H,7H2,1-2H3/t10-,11+/m1/s1. The van der Waals surface area contributed by atoms with Crippen molar-refractivity contribution in [2.24, 2.45) is 5.92 Å². The van der Waals surface area contributed by atoms with Crippen LogP contribution in [0.2, 0.25) is 0 Å². The molecule has 1 aliphatic rings. The summed E-state index contributed by atoms with van der Waals surface area (Å²) in [6.45, 7) is 0. The smallest absolute Gasteiger partial charge is 0.337 e. The van der Waals surface area contributed by atoms with E-state index in [-0.39, 0.29) is 23.8 Å². The maximum absolute atomic E-state index is 11.3. The molecule has 1 saturated carbocycles. The van der Waals surface area contributed by atoms with Gasteiger partial charge in [0.2, 0.25) is 0 Å². The minimum Gasteiger partial charge on any atom is -0.469 e. The van der Waals surface area contributed by atoms with Crippen molar-refractivity contribution in [3.63, 3.8) is 0 Å². The van der Waals surface area contributed by atoms with Crippen LogP contribution < -0.4 is 0 Å². The minimum atomic E-state index is -0.350. The Hall–Kier alpha value is -1.84. The van der Waals surface area contributed by atoms with Crippen LogP contribution >= 0.6 is 0 Å². The number of hydrogen-bond acceptors (Lipinski definition) is 4. The van der Waals surface area contributed by atoms with Crippen LogP contribution in [0.5, 0.6) is 0 Å². The first-order chi connectivity index (χ1) is 8.17. The lowest BCUT2D eigenvalue weighted by Crippen LogP contribution is -2.04. The Morgan fingerprint density at radius 1 is 1.12 bits per heavy atom. The number of esters is 2. The molecule has 90 valence electrons. The van der Waals surface area contributed by atoms with Gasteiger partial charge in [0, 0.05) is 0 Å². The zero-order valence-corrected chi connectivity index (χ0v) is 9.80. The molecule has 0 aliphatic heterocycles. The van der Waals surface area contributed by atoms with E-state index in [0.29, 0.717) is 5.56 Å². The topological polar surface area (TPSA) is 52.6 Å². The SMILES string of the molecule is COC(=O)c1ccc([C@H]2C[C@@H]2C(=O)OC)cc1. The number of methoxy groups -OCH3 is 2. The summed E-state index contributed by atoms with van der Waals surface area (Å²) in [5.74, 6) is -0.304. The van der Waals surface area contributed by atoms with Crippen molar-refractivity contribution in [3.8, 4) is 0 Å². The van der Waals surface area contributed by atoms with Crippen LogP contribution in [0.3, 0.4) is 0 Å². The van der Waals surface area contributed by atoms with E-state index in [9.17, 15) is 9.59 Å². The van der Waals surface area contributed by atoms with Crippen LogP contribution in [-0.2, 0) is 14.3 Å². The van der Waals surface area contributed by atoms with Gasteiger partial charge in [-0.25, -0.2) is 4.79 Å². The largest absolute Gasteiger partial charge is 0.469 e. The first kappa shape index (κ1) is 11.6. The molecule has 0 heterocycles. The Morgan fingerprint density at radius 2 is 1.76 bits per heavy atom. The molecule has 2 atom stereocenters. The molecule has 4 nitrogen and oxygen atoms in total. The monoisotopic (exact) mass is 234 g/mol. The Bertz CT molecular complexity index is 435. The molecule has 17 heavy (non-hydrogen) atoms. The van der Waals surface area contributed by atoms with Crippen molar-refractivity contribution < 1.29 is 19.1 Å². The van der Waals surface area contributed by atoms with Gasteiger partial charge in [-0.3, -0.25) is 4.79 Å². The number of rotatable bonds is 3. The summed E-state index contributed by atoms with van der Waals surface area (Å²) < 4.78 is 9.31. The summed E-state index contributed by atoms with van der Waals surface area (Å²) in [6.07, 6.45) is 0.824. The lowest BCUT2D eigenvalue weighted by atomic mass is 10.1. The summed E-state index contributed by atoms with van der Waals surface area (Å²) in [5, 5.41) is 0. The van der Waals surface area contributed by atoms with Crippen LogP contribution in [0.15, 0.2) is 24.3 Å². The first-order valence-electron chi connectivity index (χ1n) is 5.43. The van der Waals surface area contributed by atoms with E-state index in [0.717, 1.165) is 12.0 Å². The van der Waals surface area contributed by atoms with Crippen molar-refractivity contribution in [1.82, 2.24) is 0 Å². The quantitative estimate of drug-likeness (QED) is 0.748. The van der Waals surface area contributed by atoms with Crippen molar-refractivity contribution in [2.45, 2.75) is 12.3 Å². The van der Waals surface area contributed by atoms with E-state index in [1.54, 1.807) is 12.1 Å². The molecule has 0 N–H and O–H groups in total. The molecule has 0 unspecified atom stereocenters. The van der Waals surface area contributed by atoms with Crippen molar-refractivity contribution in [2.75, 3.05) is 14.2 Å². The van der Waals surface area contributed by atoms with Gasteiger partial charge in [-0.2, -0.15) is 0 Å². The summed E-state index contributed by atoms with van der Waals surface area (Å²) in [6, 6.07) is 7.15. The molecule has 0 bridgehead atoms. The number of benzene rings is 1. The van der Waals surface area contributed by atoms with Gasteiger partial charge in [-0.05, 0) is 30.0 Å². The molecule has 0 spiro atoms. The van der Waals surface area contributed by atoms with Gasteiger partial charge in [0.25, 0.3) is 0 Å². The molecule has 0 amide bonds. The average Bonchev–Trinajstić information content (AvgIpc) is 3.17. The van der Waals surface area contributed by atoms with E-state index in [4.69, 9.17) is 4.74 Å². The molecule has 1 aromatic rings. The Balaban J connectivity index is 2.05. The fourth-order valence-corrected chi connectivity index (χ4v) is 1.96. The van der Waals surface area contributed by atoms with E-state index in [1.807, 2.05) is 12.1 Å². The summed E-state index contributed by atoms with van der Waals surface area (Å²) in [7, 11) is 2.75. The maximum atomic E-state index is 11.3. The van der Waals surface area contributed by atoms with Crippen LogP contribution in [0.4, 0.5) is 0 Å². The molecule has 1 aliphatic carbocycles. The second-order valence-electron chi connectivity index (χ2n) is 4.09. The molecule has 4 heteroatoms. The molecule has 1 aromatic carbocycles. The molecule has 2 rings (SSSR count). The van der Waals surface area contributed by atoms with Crippen LogP contribution in [-0.4, -0.2) is 26.2 Å². The minimum absolute atomic E-state index is 0.0241. The van der Waals surface area contributed by atoms with E-state index in [1.165, 1.54) is 14.2 Å². The molecular formula is C13H14O4. The highest BCUT2D eigenvalue weighted by Crippen LogP contribution is 2.48. The normalized spacial score (nSPS) is 21.8. The average molecular weight is 234 g/mol. The molecular weight excluding hydrogens is 220 g/mol. The van der Waals surface area contributed by atoms with Gasteiger partial charge in [0.05, 0.1) is 25.7 Å². The van der Waals surface area contributed by atoms with Crippen LogP contribution in [0.25, 0.3) is 0 Å². The lowest BCUT2D eigenvalue weighted by molar-refractivity contribution is -0.142. The molecule has 0 aromatic heterocycles. The van der Waals surface area contributed by atoms with Gasteiger partial charge >= 0.3 is 11.9 Å². The van der Waals surface area contributed by atoms with E-state index >= 15 is 0 Å². The lowest BCUT2D eigenvalue weighted by Gasteiger charge is -2.02. The van der Waals surface area contributed by atoms with Crippen molar-refractivity contribution in [1.29, 1.82) is 0 Å². The Morgan fingerprint density at radius 3 is 2.29 bits per heavy atom. The number of carbonyl (C=O) groups is 2. The predicted molar refractivity (Wildman–Crippen MR) is 60.6 cm³/mol. The second-order valence-corrected chi connectivity index (χ2v) is 4.09. The third-order valence-corrected chi connectivity index (χ3v) is 3.05. The fraction of sp³-hybridized carbons (Fsp3) is 0.385. The van der Waals surface area contributed by atoms with E-state index in [2.05, 4.69) is 4.74 Å². The summed E-state index contributed by atoms with van der Waals surface area (Å²) in [4.78, 5) is 22.5. The molecule has 0 radical (unpaired) electrons. The zero-order valence-electron chi connectivity index (χ0n) is 9.80. The van der Waals surface area contributed by atoms with Gasteiger partial charge in [0.15, 0.2) is 0 Å². The Labute approximate surface area is 99.5 Å². The van der Waals surface area contributed by atoms with Gasteiger partial charge < -0.3 is 9.47 Å². The second kappa shape index (κ2) is 4.57. The highest BCUT2D eigenvalue weighted by molar-refractivity contribution is 5.89. The van der Waals surface area contributed by atoms with Crippen molar-refractivity contribution in [3.05, 3.63) is 35.4 Å². The third-order valence-electron chi connectivity index (χ3n) is 3.05. The van der Waals surface area contributed by atoms with Crippen molar-refractivity contribution >= 4 is 11.9 Å². The summed E-state index contributed by atoms with van der Waals surface area (Å²) >= 11 is 0. The van der Waals surface area contributed by atoms with E-state index < -0.39 is 0 Å². The Kier molecular flexibility index (Phi) is 3.13. The van der Waals surface area contributed by atoms with Gasteiger partial charge in [-0.15, -0.1) is 0 Å². The fourth-order valence-electron chi connectivity index (χ4n) is 1.96. The number of hydrogen-bond donors (Lipinski definition) is 0. The van der Waals surface area contributed by atoms with Crippen LogP contribution in [0, 0.1) is 5.92 Å². The maximum Gasteiger partial charge on any atom is 0.337 e. The molecule has 0 saturated heterocycles. The summed E-state index contributed by atoms with van der Waals surface area (Å²) in [5.41, 5.74) is 1.58. The highest BCUT2D eigenvalue weighted by atomic mass is 16.5. The zero-order chi connectivity index (χ0) is 12.4. The predicted octanol–water partition coefficient (Wildman–Crippen LogP) is 1.75. The molecule has 1 fully saturated rings. The highest BCUT2D eigenvalue weighted by Gasteiger charge is 2.44. The van der Waals surface area contributed by atoms with Gasteiger partial charge in [0.1, 0.15) is 0 Å². The van der Waals surface area contributed by atoms with Gasteiger partial charge in [-0.1, -0.05) is 12.1 Å².